The lowest BCUT2D eigenvalue weighted by atomic mass is 10.1. The van der Waals surface area contributed by atoms with Crippen LogP contribution in [-0.4, -0.2) is 25.7 Å². The fourth-order valence-electron chi connectivity index (χ4n) is 1.49. The standard InChI is InChI=1S/C13H16N2O3/c1-4-18-13(16)9(2)15-12-10(8-14)6-5-7-11(12)17-3/h5-7,9,15H,4H2,1-3H3. The third-order valence-corrected chi connectivity index (χ3v) is 2.37. The van der Waals surface area contributed by atoms with E-state index in [1.807, 2.05) is 0 Å². The van der Waals surface area contributed by atoms with Crippen LogP contribution in [0.25, 0.3) is 0 Å². The van der Waals surface area contributed by atoms with Gasteiger partial charge in [0, 0.05) is 0 Å². The molecule has 0 aliphatic carbocycles. The van der Waals surface area contributed by atoms with Crippen LogP contribution in [0, 0.1) is 11.3 Å². The number of methoxy groups -OCH3 is 1. The summed E-state index contributed by atoms with van der Waals surface area (Å²) in [6, 6.07) is 6.60. The Morgan fingerprint density at radius 3 is 2.83 bits per heavy atom. The van der Waals surface area contributed by atoms with Crippen molar-refractivity contribution in [3.8, 4) is 11.8 Å². The van der Waals surface area contributed by atoms with E-state index in [0.717, 1.165) is 0 Å². The van der Waals surface area contributed by atoms with Crippen molar-refractivity contribution in [2.45, 2.75) is 19.9 Å². The van der Waals surface area contributed by atoms with Gasteiger partial charge in [-0.3, -0.25) is 0 Å². The third-order valence-electron chi connectivity index (χ3n) is 2.37. The van der Waals surface area contributed by atoms with Gasteiger partial charge in [-0.25, -0.2) is 4.79 Å². The summed E-state index contributed by atoms with van der Waals surface area (Å²) in [5, 5.41) is 12.0. The smallest absolute Gasteiger partial charge is 0.328 e. The number of ether oxygens (including phenoxy) is 2. The van der Waals surface area contributed by atoms with Crippen LogP contribution in [0.15, 0.2) is 18.2 Å². The number of benzene rings is 1. The van der Waals surface area contributed by atoms with E-state index < -0.39 is 6.04 Å². The summed E-state index contributed by atoms with van der Waals surface area (Å²) < 4.78 is 10.1. The number of anilines is 1. The van der Waals surface area contributed by atoms with Crippen LogP contribution in [0.4, 0.5) is 5.69 Å². The third kappa shape index (κ3) is 3.14. The van der Waals surface area contributed by atoms with Gasteiger partial charge in [-0.15, -0.1) is 0 Å². The number of carbonyl (C=O) groups is 1. The summed E-state index contributed by atoms with van der Waals surface area (Å²) in [5.41, 5.74) is 0.925. The van der Waals surface area contributed by atoms with Gasteiger partial charge in [-0.1, -0.05) is 6.07 Å². The van der Waals surface area contributed by atoms with Crippen molar-refractivity contribution in [2.24, 2.45) is 0 Å². The first kappa shape index (κ1) is 13.8. The van der Waals surface area contributed by atoms with E-state index in [2.05, 4.69) is 11.4 Å². The molecule has 96 valence electrons. The maximum Gasteiger partial charge on any atom is 0.328 e. The van der Waals surface area contributed by atoms with Crippen molar-refractivity contribution in [1.29, 1.82) is 5.26 Å². The molecule has 0 aromatic heterocycles. The number of nitrogens with zero attached hydrogens (tertiary/aromatic N) is 1. The molecule has 1 aromatic rings. The maximum absolute atomic E-state index is 11.5. The molecule has 0 heterocycles. The first-order valence-electron chi connectivity index (χ1n) is 5.64. The molecule has 0 radical (unpaired) electrons. The Kier molecular flexibility index (Phi) is 5.00. The zero-order chi connectivity index (χ0) is 13.5. The normalized spacial score (nSPS) is 11.2. The maximum atomic E-state index is 11.5. The molecule has 0 aliphatic heterocycles. The van der Waals surface area contributed by atoms with Crippen molar-refractivity contribution in [3.63, 3.8) is 0 Å². The van der Waals surface area contributed by atoms with Gasteiger partial charge >= 0.3 is 5.97 Å². The molecule has 0 fully saturated rings. The fourth-order valence-corrected chi connectivity index (χ4v) is 1.49. The van der Waals surface area contributed by atoms with Crippen LogP contribution in [0.5, 0.6) is 5.75 Å². The first-order chi connectivity index (χ1) is 8.63. The predicted octanol–water partition coefficient (Wildman–Crippen LogP) is 1.93. The summed E-state index contributed by atoms with van der Waals surface area (Å²) >= 11 is 0. The Bertz CT molecular complexity index is 466. The lowest BCUT2D eigenvalue weighted by molar-refractivity contribution is -0.143. The van der Waals surface area contributed by atoms with E-state index in [0.29, 0.717) is 23.6 Å². The Balaban J connectivity index is 2.96. The summed E-state index contributed by atoms with van der Waals surface area (Å²) in [5.74, 6) is 0.150. The topological polar surface area (TPSA) is 71.3 Å². The molecule has 1 rings (SSSR count). The molecule has 5 nitrogen and oxygen atoms in total. The number of esters is 1. The second kappa shape index (κ2) is 6.50. The molecule has 1 unspecified atom stereocenters. The SMILES string of the molecule is CCOC(=O)C(C)Nc1c(C#N)cccc1OC. The minimum absolute atomic E-state index is 0.321. The predicted molar refractivity (Wildman–Crippen MR) is 67.4 cm³/mol. The highest BCUT2D eigenvalue weighted by Crippen LogP contribution is 2.28. The van der Waals surface area contributed by atoms with Crippen molar-refractivity contribution < 1.29 is 14.3 Å². The van der Waals surface area contributed by atoms with E-state index in [1.165, 1.54) is 7.11 Å². The molecule has 0 bridgehead atoms. The summed E-state index contributed by atoms with van der Waals surface area (Å²) in [7, 11) is 1.51. The molecule has 1 N–H and O–H groups in total. The Morgan fingerprint density at radius 1 is 1.56 bits per heavy atom. The Labute approximate surface area is 106 Å². The van der Waals surface area contributed by atoms with Crippen LogP contribution in [0.1, 0.15) is 19.4 Å². The highest BCUT2D eigenvalue weighted by atomic mass is 16.5. The van der Waals surface area contributed by atoms with Crippen LogP contribution in [-0.2, 0) is 9.53 Å². The molecule has 5 heteroatoms. The Hall–Kier alpha value is -2.22. The van der Waals surface area contributed by atoms with Gasteiger partial charge in [0.25, 0.3) is 0 Å². The molecule has 0 amide bonds. The van der Waals surface area contributed by atoms with Crippen molar-refractivity contribution >= 4 is 11.7 Å². The van der Waals surface area contributed by atoms with E-state index in [1.54, 1.807) is 32.0 Å². The van der Waals surface area contributed by atoms with E-state index >= 15 is 0 Å². The Morgan fingerprint density at radius 2 is 2.28 bits per heavy atom. The van der Waals surface area contributed by atoms with Crippen molar-refractivity contribution in [1.82, 2.24) is 0 Å². The number of nitriles is 1. The zero-order valence-corrected chi connectivity index (χ0v) is 10.7. The fraction of sp³-hybridized carbons (Fsp3) is 0.385. The average Bonchev–Trinajstić information content (AvgIpc) is 2.39. The van der Waals surface area contributed by atoms with E-state index in [-0.39, 0.29) is 5.97 Å². The van der Waals surface area contributed by atoms with Crippen LogP contribution in [0.3, 0.4) is 0 Å². The molecule has 0 saturated carbocycles. The molecule has 0 saturated heterocycles. The van der Waals surface area contributed by atoms with Gasteiger partial charge in [-0.05, 0) is 26.0 Å². The quantitative estimate of drug-likeness (QED) is 0.806. The lowest BCUT2D eigenvalue weighted by Crippen LogP contribution is -2.28. The minimum Gasteiger partial charge on any atom is -0.495 e. The lowest BCUT2D eigenvalue weighted by Gasteiger charge is -2.17. The number of para-hydroxylation sites is 1. The monoisotopic (exact) mass is 248 g/mol. The van der Waals surface area contributed by atoms with Gasteiger partial charge in [0.2, 0.25) is 0 Å². The van der Waals surface area contributed by atoms with Crippen molar-refractivity contribution in [2.75, 3.05) is 19.0 Å². The molecular formula is C13H16N2O3. The molecule has 18 heavy (non-hydrogen) atoms. The zero-order valence-electron chi connectivity index (χ0n) is 10.7. The van der Waals surface area contributed by atoms with Gasteiger partial charge in [-0.2, -0.15) is 5.26 Å². The van der Waals surface area contributed by atoms with Crippen LogP contribution in [0.2, 0.25) is 0 Å². The number of carbonyl (C=O) groups excluding carboxylic acids is 1. The largest absolute Gasteiger partial charge is 0.495 e. The number of hydrogen-bond acceptors (Lipinski definition) is 5. The molecule has 0 aliphatic rings. The molecule has 0 spiro atoms. The second-order valence-corrected chi connectivity index (χ2v) is 3.61. The first-order valence-corrected chi connectivity index (χ1v) is 5.64. The van der Waals surface area contributed by atoms with E-state index in [9.17, 15) is 4.79 Å². The van der Waals surface area contributed by atoms with Gasteiger partial charge < -0.3 is 14.8 Å². The van der Waals surface area contributed by atoms with Gasteiger partial charge in [0.15, 0.2) is 0 Å². The van der Waals surface area contributed by atoms with Gasteiger partial charge in [0.1, 0.15) is 17.9 Å². The minimum atomic E-state index is -0.548. The molecule has 1 aromatic carbocycles. The number of rotatable bonds is 5. The second-order valence-electron chi connectivity index (χ2n) is 3.61. The molecular weight excluding hydrogens is 232 g/mol. The average molecular weight is 248 g/mol. The summed E-state index contributed by atoms with van der Waals surface area (Å²) in [6.07, 6.45) is 0. The highest BCUT2D eigenvalue weighted by molar-refractivity contribution is 5.81. The summed E-state index contributed by atoms with van der Waals surface area (Å²) in [6.45, 7) is 3.74. The van der Waals surface area contributed by atoms with Gasteiger partial charge in [0.05, 0.1) is 25.0 Å². The van der Waals surface area contributed by atoms with Crippen LogP contribution >= 0.6 is 0 Å². The number of hydrogen-bond donors (Lipinski definition) is 1. The van der Waals surface area contributed by atoms with E-state index in [4.69, 9.17) is 14.7 Å². The highest BCUT2D eigenvalue weighted by Gasteiger charge is 2.17. The molecule has 1 atom stereocenters. The van der Waals surface area contributed by atoms with Crippen LogP contribution < -0.4 is 10.1 Å². The number of nitrogens with one attached hydrogen (secondary N) is 1. The van der Waals surface area contributed by atoms with Crippen molar-refractivity contribution in [3.05, 3.63) is 23.8 Å². The summed E-state index contributed by atoms with van der Waals surface area (Å²) in [4.78, 5) is 11.5.